The van der Waals surface area contributed by atoms with Gasteiger partial charge in [-0.15, -0.1) is 0 Å². The molecular weight excluding hydrogens is 326 g/mol. The minimum Gasteiger partial charge on any atom is -0.345 e. The van der Waals surface area contributed by atoms with Gasteiger partial charge in [0, 0.05) is 26.2 Å². The molecule has 142 valence electrons. The van der Waals surface area contributed by atoms with Gasteiger partial charge in [-0.2, -0.15) is 0 Å². The molecule has 1 saturated heterocycles. The Morgan fingerprint density at radius 1 is 1.23 bits per heavy atom. The number of H-pyrrole nitrogens is 1. The molecule has 1 fully saturated rings. The molecule has 0 saturated carbocycles. The molecule has 1 amide bonds. The molecule has 1 aliphatic rings. The zero-order valence-corrected chi connectivity index (χ0v) is 16.4. The molecule has 0 spiro atoms. The second-order valence-corrected chi connectivity index (χ2v) is 7.64. The lowest BCUT2D eigenvalue weighted by Crippen LogP contribution is -2.49. The van der Waals surface area contributed by atoms with Crippen molar-refractivity contribution < 1.29 is 4.79 Å². The van der Waals surface area contributed by atoms with E-state index in [1.165, 1.54) is 5.56 Å². The normalized spacial score (nSPS) is 17.7. The Bertz CT molecular complexity index is 746. The van der Waals surface area contributed by atoms with E-state index < -0.39 is 0 Å². The third kappa shape index (κ3) is 4.43. The highest BCUT2D eigenvalue weighted by atomic mass is 16.2. The molecule has 2 N–H and O–H groups in total. The minimum absolute atomic E-state index is 0.0743. The van der Waals surface area contributed by atoms with Crippen LogP contribution in [0.1, 0.15) is 38.2 Å². The van der Waals surface area contributed by atoms with Gasteiger partial charge < -0.3 is 15.2 Å². The summed E-state index contributed by atoms with van der Waals surface area (Å²) in [6, 6.07) is 6.08. The first-order valence-corrected chi connectivity index (χ1v) is 9.66. The van der Waals surface area contributed by atoms with Crippen LogP contribution in [0.5, 0.6) is 0 Å². The van der Waals surface area contributed by atoms with E-state index in [-0.39, 0.29) is 17.9 Å². The van der Waals surface area contributed by atoms with Crippen molar-refractivity contribution in [3.63, 3.8) is 0 Å². The van der Waals surface area contributed by atoms with Crippen LogP contribution in [-0.4, -0.2) is 64.9 Å². The number of carbonyl (C=O) groups is 1. The fourth-order valence-corrected chi connectivity index (χ4v) is 3.53. The Balaban J connectivity index is 1.65. The number of likely N-dealkylation sites (N-methyl/N-ethyl adjacent to an activating group) is 1. The van der Waals surface area contributed by atoms with Gasteiger partial charge in [-0.1, -0.05) is 26.8 Å². The van der Waals surface area contributed by atoms with E-state index in [4.69, 9.17) is 4.98 Å². The summed E-state index contributed by atoms with van der Waals surface area (Å²) >= 11 is 0. The number of rotatable bonds is 6. The first-order valence-electron chi connectivity index (χ1n) is 9.66. The van der Waals surface area contributed by atoms with Crippen molar-refractivity contribution in [2.24, 2.45) is 5.92 Å². The average molecular weight is 358 g/mol. The number of nitrogens with zero attached hydrogens (tertiary/aromatic N) is 3. The molecule has 6 nitrogen and oxygen atoms in total. The van der Waals surface area contributed by atoms with Crippen LogP contribution in [0.25, 0.3) is 11.0 Å². The number of amides is 1. The van der Waals surface area contributed by atoms with Crippen LogP contribution in [0.2, 0.25) is 0 Å². The Morgan fingerprint density at radius 2 is 1.92 bits per heavy atom. The Kier molecular flexibility index (Phi) is 5.94. The molecular formula is C20H31N5O. The van der Waals surface area contributed by atoms with Gasteiger partial charge in [-0.05, 0) is 37.1 Å². The van der Waals surface area contributed by atoms with Gasteiger partial charge in [0.15, 0.2) is 0 Å². The summed E-state index contributed by atoms with van der Waals surface area (Å²) in [6.45, 7) is 14.0. The van der Waals surface area contributed by atoms with Crippen LogP contribution in [0.4, 0.5) is 0 Å². The van der Waals surface area contributed by atoms with Gasteiger partial charge in [-0.3, -0.25) is 9.69 Å². The van der Waals surface area contributed by atoms with E-state index >= 15 is 0 Å². The number of aryl methyl sites for hydroxylation is 1. The van der Waals surface area contributed by atoms with E-state index in [9.17, 15) is 4.79 Å². The van der Waals surface area contributed by atoms with Gasteiger partial charge in [0.05, 0.1) is 23.6 Å². The van der Waals surface area contributed by atoms with Gasteiger partial charge in [0.2, 0.25) is 5.91 Å². The third-order valence-electron chi connectivity index (χ3n) is 5.21. The topological polar surface area (TPSA) is 64.3 Å². The van der Waals surface area contributed by atoms with E-state index in [2.05, 4.69) is 59.9 Å². The molecule has 26 heavy (non-hydrogen) atoms. The van der Waals surface area contributed by atoms with E-state index in [1.807, 2.05) is 6.07 Å². The molecule has 0 radical (unpaired) electrons. The lowest BCUT2D eigenvalue weighted by Gasteiger charge is -2.33. The maximum absolute atomic E-state index is 12.6. The molecule has 2 heterocycles. The van der Waals surface area contributed by atoms with Crippen molar-refractivity contribution in [1.82, 2.24) is 25.1 Å². The Labute approximate surface area is 156 Å². The summed E-state index contributed by atoms with van der Waals surface area (Å²) in [4.78, 5) is 25.4. The van der Waals surface area contributed by atoms with E-state index in [0.29, 0.717) is 6.54 Å². The average Bonchev–Trinajstić information content (AvgIpc) is 3.02. The SMILES string of the molecule is CCN1CCN(CC(=O)NC(c2nc3ccc(C)cc3[nH]2)C(C)C)CC1. The number of fused-ring (bicyclic) bond motifs is 1. The molecule has 1 aromatic heterocycles. The molecule has 1 aromatic carbocycles. The summed E-state index contributed by atoms with van der Waals surface area (Å²) < 4.78 is 0. The summed E-state index contributed by atoms with van der Waals surface area (Å²) in [6.07, 6.45) is 0. The minimum atomic E-state index is -0.105. The fourth-order valence-electron chi connectivity index (χ4n) is 3.53. The molecule has 2 aromatic rings. The number of nitrogens with one attached hydrogen (secondary N) is 2. The molecule has 0 aliphatic carbocycles. The molecule has 1 unspecified atom stereocenters. The fraction of sp³-hybridized carbons (Fsp3) is 0.600. The Hall–Kier alpha value is -1.92. The number of benzene rings is 1. The largest absolute Gasteiger partial charge is 0.345 e. The quantitative estimate of drug-likeness (QED) is 0.833. The number of piperazine rings is 1. The van der Waals surface area contributed by atoms with Gasteiger partial charge >= 0.3 is 0 Å². The number of hydrogen-bond donors (Lipinski definition) is 2. The van der Waals surface area contributed by atoms with Crippen molar-refractivity contribution in [3.05, 3.63) is 29.6 Å². The smallest absolute Gasteiger partial charge is 0.234 e. The van der Waals surface area contributed by atoms with Gasteiger partial charge in [-0.25, -0.2) is 4.98 Å². The van der Waals surface area contributed by atoms with Crippen LogP contribution in [0.3, 0.4) is 0 Å². The summed E-state index contributed by atoms with van der Waals surface area (Å²) in [5.74, 6) is 1.17. The van der Waals surface area contributed by atoms with E-state index in [1.54, 1.807) is 0 Å². The number of imidazole rings is 1. The molecule has 3 rings (SSSR count). The third-order valence-corrected chi connectivity index (χ3v) is 5.21. The second-order valence-electron chi connectivity index (χ2n) is 7.64. The zero-order chi connectivity index (χ0) is 18.7. The lowest BCUT2D eigenvalue weighted by molar-refractivity contribution is -0.123. The van der Waals surface area contributed by atoms with E-state index in [0.717, 1.165) is 49.6 Å². The van der Waals surface area contributed by atoms with Crippen LogP contribution >= 0.6 is 0 Å². The Morgan fingerprint density at radius 3 is 2.58 bits per heavy atom. The first-order chi connectivity index (χ1) is 12.5. The molecule has 6 heteroatoms. The summed E-state index contributed by atoms with van der Waals surface area (Å²) in [7, 11) is 0. The maximum Gasteiger partial charge on any atom is 0.234 e. The lowest BCUT2D eigenvalue weighted by atomic mass is 10.0. The van der Waals surface area contributed by atoms with Gasteiger partial charge in [0.25, 0.3) is 0 Å². The highest BCUT2D eigenvalue weighted by molar-refractivity contribution is 5.79. The highest BCUT2D eigenvalue weighted by Crippen LogP contribution is 2.22. The molecule has 1 aliphatic heterocycles. The van der Waals surface area contributed by atoms with Crippen LogP contribution in [-0.2, 0) is 4.79 Å². The molecule has 0 bridgehead atoms. The van der Waals surface area contributed by atoms with Crippen molar-refractivity contribution in [2.45, 2.75) is 33.7 Å². The number of aromatic nitrogens is 2. The predicted molar refractivity (Wildman–Crippen MR) is 105 cm³/mol. The highest BCUT2D eigenvalue weighted by Gasteiger charge is 2.24. The van der Waals surface area contributed by atoms with Crippen molar-refractivity contribution in [1.29, 1.82) is 0 Å². The van der Waals surface area contributed by atoms with Crippen LogP contribution in [0.15, 0.2) is 18.2 Å². The number of hydrogen-bond acceptors (Lipinski definition) is 4. The van der Waals surface area contributed by atoms with Crippen molar-refractivity contribution in [2.75, 3.05) is 39.3 Å². The maximum atomic E-state index is 12.6. The number of aromatic amines is 1. The van der Waals surface area contributed by atoms with Crippen molar-refractivity contribution >= 4 is 16.9 Å². The zero-order valence-electron chi connectivity index (χ0n) is 16.4. The summed E-state index contributed by atoms with van der Waals surface area (Å²) in [5.41, 5.74) is 3.17. The summed E-state index contributed by atoms with van der Waals surface area (Å²) in [5, 5.41) is 3.19. The second kappa shape index (κ2) is 8.18. The van der Waals surface area contributed by atoms with Gasteiger partial charge in [0.1, 0.15) is 5.82 Å². The standard InChI is InChI=1S/C20H31N5O/c1-5-24-8-10-25(11-9-24)13-18(26)23-19(14(2)3)20-21-16-7-6-15(4)12-17(16)22-20/h6-7,12,14,19H,5,8-11,13H2,1-4H3,(H,21,22)(H,23,26). The first kappa shape index (κ1) is 18.9. The van der Waals surface area contributed by atoms with Crippen LogP contribution in [0, 0.1) is 12.8 Å². The predicted octanol–water partition coefficient (Wildman–Crippen LogP) is 2.32. The van der Waals surface area contributed by atoms with Crippen molar-refractivity contribution in [3.8, 4) is 0 Å². The molecule has 1 atom stereocenters. The van der Waals surface area contributed by atoms with Crippen LogP contribution < -0.4 is 5.32 Å². The monoisotopic (exact) mass is 357 g/mol. The number of carbonyl (C=O) groups excluding carboxylic acids is 1.